The first kappa shape index (κ1) is 22.7. The van der Waals surface area contributed by atoms with Crippen LogP contribution in [0.1, 0.15) is 39.5 Å². The van der Waals surface area contributed by atoms with Crippen LogP contribution >= 0.6 is 23.5 Å². The molecular formula is C34H38O2S2. The van der Waals surface area contributed by atoms with Crippen molar-refractivity contribution in [2.45, 2.75) is 72.4 Å². The number of ether oxygens (including phenoxy) is 2. The lowest BCUT2D eigenvalue weighted by molar-refractivity contribution is -0.160. The second kappa shape index (κ2) is 7.46. The molecule has 0 radical (unpaired) electrons. The van der Waals surface area contributed by atoms with Crippen LogP contribution in [0.3, 0.4) is 0 Å². The van der Waals surface area contributed by atoms with Crippen molar-refractivity contribution < 1.29 is 9.47 Å². The van der Waals surface area contributed by atoms with Gasteiger partial charge < -0.3 is 9.47 Å². The first-order chi connectivity index (χ1) is 18.6. The minimum atomic E-state index is 0.286. The van der Waals surface area contributed by atoms with Gasteiger partial charge in [-0.3, -0.25) is 0 Å². The molecule has 2 saturated heterocycles. The Bertz CT molecular complexity index is 1190. The Hall–Kier alpha value is -0.940. The number of rotatable bonds is 4. The molecule has 0 bridgehead atoms. The van der Waals surface area contributed by atoms with Gasteiger partial charge in [-0.25, -0.2) is 0 Å². The number of benzene rings is 2. The van der Waals surface area contributed by atoms with Gasteiger partial charge in [-0.15, -0.1) is 0 Å². The van der Waals surface area contributed by atoms with Crippen LogP contribution < -0.4 is 0 Å². The van der Waals surface area contributed by atoms with Crippen molar-refractivity contribution in [3.8, 4) is 0 Å². The smallest absolute Gasteiger partial charge is 0.114 e. The predicted molar refractivity (Wildman–Crippen MR) is 152 cm³/mol. The van der Waals surface area contributed by atoms with E-state index < -0.39 is 0 Å². The van der Waals surface area contributed by atoms with E-state index in [1.165, 1.54) is 35.5 Å². The van der Waals surface area contributed by atoms with Crippen LogP contribution in [0.5, 0.6) is 0 Å². The second-order valence-corrected chi connectivity index (χ2v) is 16.8. The molecule has 0 unspecified atom stereocenters. The van der Waals surface area contributed by atoms with E-state index in [1.807, 2.05) is 0 Å². The fourth-order valence-electron chi connectivity index (χ4n) is 13.3. The third kappa shape index (κ3) is 2.44. The van der Waals surface area contributed by atoms with Crippen molar-refractivity contribution in [2.24, 2.45) is 70.0 Å². The molecule has 2 aromatic carbocycles. The maximum atomic E-state index is 7.31. The predicted octanol–water partition coefficient (Wildman–Crippen LogP) is 7.84. The van der Waals surface area contributed by atoms with Gasteiger partial charge in [-0.05, 0) is 109 Å². The maximum absolute atomic E-state index is 7.31. The van der Waals surface area contributed by atoms with Gasteiger partial charge in [0.2, 0.25) is 0 Å². The summed E-state index contributed by atoms with van der Waals surface area (Å²) in [5, 5.41) is 0. The van der Waals surface area contributed by atoms with Gasteiger partial charge in [0.05, 0.1) is 12.2 Å². The summed E-state index contributed by atoms with van der Waals surface area (Å²) in [6.07, 6.45) is 6.27. The van der Waals surface area contributed by atoms with Crippen LogP contribution in [0.15, 0.2) is 70.5 Å². The van der Waals surface area contributed by atoms with Gasteiger partial charge in [0.25, 0.3) is 0 Å². The van der Waals surface area contributed by atoms with Gasteiger partial charge in [-0.2, -0.15) is 0 Å². The van der Waals surface area contributed by atoms with E-state index in [2.05, 4.69) is 98.0 Å². The molecule has 10 rings (SSSR count). The Kier molecular flexibility index (Phi) is 4.46. The molecule has 8 aliphatic rings. The van der Waals surface area contributed by atoms with Crippen molar-refractivity contribution in [3.05, 3.63) is 60.7 Å². The molecule has 0 spiro atoms. The van der Waals surface area contributed by atoms with Crippen LogP contribution in [0.25, 0.3) is 0 Å². The fraction of sp³-hybridized carbons (Fsp3) is 0.647. The molecule has 0 amide bonds. The molecular weight excluding hydrogens is 505 g/mol. The third-order valence-corrected chi connectivity index (χ3v) is 16.5. The average molecular weight is 543 g/mol. The Morgan fingerprint density at radius 2 is 0.974 bits per heavy atom. The summed E-state index contributed by atoms with van der Waals surface area (Å²) >= 11 is 4.14. The van der Waals surface area contributed by atoms with Gasteiger partial charge in [0.15, 0.2) is 0 Å². The summed E-state index contributed by atoms with van der Waals surface area (Å²) in [7, 11) is 0. The van der Waals surface area contributed by atoms with E-state index in [4.69, 9.17) is 9.47 Å². The molecule has 6 saturated carbocycles. The van der Waals surface area contributed by atoms with Gasteiger partial charge in [0.1, 0.15) is 10.9 Å². The molecule has 2 aliphatic heterocycles. The van der Waals surface area contributed by atoms with Crippen LogP contribution in [-0.2, 0) is 9.47 Å². The average Bonchev–Trinajstić information content (AvgIpc) is 3.73. The normalized spacial score (nSPS) is 57.5. The van der Waals surface area contributed by atoms with E-state index >= 15 is 0 Å². The van der Waals surface area contributed by atoms with E-state index in [9.17, 15) is 0 Å². The molecule has 8 fully saturated rings. The molecule has 2 heterocycles. The summed E-state index contributed by atoms with van der Waals surface area (Å²) < 4.78 is 14.6. The van der Waals surface area contributed by atoms with E-state index in [0.717, 1.165) is 59.2 Å². The highest BCUT2D eigenvalue weighted by Gasteiger charge is 2.87. The largest absolute Gasteiger partial charge is 0.363 e. The number of thioether (sulfide) groups is 2. The molecule has 4 heteroatoms. The van der Waals surface area contributed by atoms with Crippen LogP contribution in [-0.4, -0.2) is 23.1 Å². The lowest BCUT2D eigenvalue weighted by Crippen LogP contribution is -2.54. The summed E-state index contributed by atoms with van der Waals surface area (Å²) in [5.74, 6) is 8.36. The quantitative estimate of drug-likeness (QED) is 0.392. The molecule has 16 atom stereocenters. The van der Waals surface area contributed by atoms with Crippen molar-refractivity contribution in [2.75, 3.05) is 0 Å². The highest BCUT2D eigenvalue weighted by atomic mass is 32.2. The Morgan fingerprint density at radius 3 is 1.39 bits per heavy atom. The fourth-order valence-corrected chi connectivity index (χ4v) is 16.0. The van der Waals surface area contributed by atoms with Crippen LogP contribution in [0.4, 0.5) is 0 Å². The number of fused-ring (bicyclic) bond motifs is 4. The lowest BCUT2D eigenvalue weighted by atomic mass is 9.61. The molecule has 2 nitrogen and oxygen atoms in total. The molecule has 2 aromatic rings. The van der Waals surface area contributed by atoms with Crippen LogP contribution in [0, 0.1) is 70.0 Å². The van der Waals surface area contributed by atoms with Crippen LogP contribution in [0.2, 0.25) is 0 Å². The van der Waals surface area contributed by atoms with Crippen molar-refractivity contribution in [1.29, 1.82) is 0 Å². The highest BCUT2D eigenvalue weighted by molar-refractivity contribution is 8.00. The van der Waals surface area contributed by atoms with E-state index in [0.29, 0.717) is 23.1 Å². The third-order valence-electron chi connectivity index (χ3n) is 13.7. The Labute approximate surface area is 235 Å². The number of hydrogen-bond donors (Lipinski definition) is 0. The topological polar surface area (TPSA) is 18.5 Å². The molecule has 198 valence electrons. The molecule has 0 aromatic heterocycles. The van der Waals surface area contributed by atoms with Gasteiger partial charge >= 0.3 is 0 Å². The summed E-state index contributed by atoms with van der Waals surface area (Å²) in [6.45, 7) is 5.46. The zero-order chi connectivity index (χ0) is 25.0. The Balaban J connectivity index is 1.13. The summed E-state index contributed by atoms with van der Waals surface area (Å²) in [5.41, 5.74) is 1.17. The molecule has 0 N–H and O–H groups in total. The maximum Gasteiger partial charge on any atom is 0.114 e. The zero-order valence-corrected chi connectivity index (χ0v) is 24.0. The van der Waals surface area contributed by atoms with Gasteiger partial charge in [-0.1, -0.05) is 73.8 Å². The Morgan fingerprint density at radius 1 is 0.553 bits per heavy atom. The van der Waals surface area contributed by atoms with Crippen molar-refractivity contribution in [3.63, 3.8) is 0 Å². The SMILES string of the molecule is C[C@]12[C@H]3[C@H]4[C@@H]5[C@H]6[C@H]7[C@H](CC[C@@H]7O[C@H](Sc7ccccc7)[C@@]6(C)[C@H]4[C@@H]4CC[C@@H](O[C@@H]1Sc1ccccc1)[C@H]43)[C@H]52. The monoisotopic (exact) mass is 542 g/mol. The van der Waals surface area contributed by atoms with Crippen molar-refractivity contribution in [1.82, 2.24) is 0 Å². The first-order valence-electron chi connectivity index (χ1n) is 15.3. The lowest BCUT2D eigenvalue weighted by Gasteiger charge is -2.53. The highest BCUT2D eigenvalue weighted by Crippen LogP contribution is 2.88. The zero-order valence-electron chi connectivity index (χ0n) is 22.3. The minimum absolute atomic E-state index is 0.286. The van der Waals surface area contributed by atoms with E-state index in [1.54, 1.807) is 0 Å². The summed E-state index contributed by atoms with van der Waals surface area (Å²) in [4.78, 5) is 2.79. The van der Waals surface area contributed by atoms with Gasteiger partial charge in [0, 0.05) is 20.6 Å². The standard InChI is InChI=1S/C34H38O2S2/c1-33-27-19-13-15-22-24(19)30-25(27)26-28(34(30,2)32(36-22)38-18-11-7-4-8-12-18)20-14-16-21(23(20)29(26)33)35-31(33)37-17-9-5-3-6-10-17/h3-12,19-32H,13-16H2,1-2H3/t19-,20+,21+,22-,23-,24-,25-,26-,27+,28-,29+,30+,31+,32+,33-,34-/m0/s1. The van der Waals surface area contributed by atoms with Crippen molar-refractivity contribution >= 4 is 23.5 Å². The number of hydrogen-bond acceptors (Lipinski definition) is 4. The first-order valence-corrected chi connectivity index (χ1v) is 17.1. The van der Waals surface area contributed by atoms with E-state index in [-0.39, 0.29) is 10.8 Å². The summed E-state index contributed by atoms with van der Waals surface area (Å²) in [6, 6.07) is 22.4. The molecule has 6 aliphatic carbocycles. The molecule has 38 heavy (non-hydrogen) atoms. The second-order valence-electron chi connectivity index (χ2n) is 14.5. The minimum Gasteiger partial charge on any atom is -0.363 e.